The van der Waals surface area contributed by atoms with Crippen LogP contribution >= 0.6 is 11.3 Å². The fourth-order valence-electron chi connectivity index (χ4n) is 3.56. The average molecular weight is 466 g/mol. The van der Waals surface area contributed by atoms with Crippen molar-refractivity contribution in [3.05, 3.63) is 71.1 Å². The van der Waals surface area contributed by atoms with Gasteiger partial charge in [0, 0.05) is 19.3 Å². The van der Waals surface area contributed by atoms with Gasteiger partial charge in [0.2, 0.25) is 5.95 Å². The van der Waals surface area contributed by atoms with Gasteiger partial charge in [0.25, 0.3) is 11.8 Å². The molecule has 1 saturated heterocycles. The van der Waals surface area contributed by atoms with Crippen LogP contribution in [-0.4, -0.2) is 50.8 Å². The summed E-state index contributed by atoms with van der Waals surface area (Å²) < 4.78 is 19.1. The fourth-order valence-corrected chi connectivity index (χ4v) is 4.37. The Morgan fingerprint density at radius 2 is 2.12 bits per heavy atom. The molecule has 0 aromatic carbocycles. The topological polar surface area (TPSA) is 113 Å². The monoisotopic (exact) mass is 466 g/mol. The van der Waals surface area contributed by atoms with Crippen LogP contribution in [0.5, 0.6) is 0 Å². The summed E-state index contributed by atoms with van der Waals surface area (Å²) in [7, 11) is 0. The zero-order valence-corrected chi connectivity index (χ0v) is 18.3. The fraction of sp³-hybridized carbons (Fsp3) is 0.227. The second kappa shape index (κ2) is 8.58. The molecular weight excluding hydrogens is 447 g/mol. The van der Waals surface area contributed by atoms with E-state index in [2.05, 4.69) is 25.6 Å². The number of nitrogens with one attached hydrogen (secondary N) is 2. The number of amides is 2. The van der Waals surface area contributed by atoms with E-state index in [1.807, 2.05) is 18.4 Å². The molecule has 9 nitrogen and oxygen atoms in total. The van der Waals surface area contributed by atoms with Gasteiger partial charge in [0.1, 0.15) is 12.1 Å². The Morgan fingerprint density at radius 3 is 2.88 bits per heavy atom. The summed E-state index contributed by atoms with van der Waals surface area (Å²) in [5.74, 6) is -0.637. The molecule has 2 N–H and O–H groups in total. The zero-order chi connectivity index (χ0) is 22.9. The minimum absolute atomic E-state index is 0.143. The SMILES string of the molecule is C[C@H](Nc1nc(C(=O)N2CC(NC(=O)c3ccoc3)C2)c2sccc2n1)c1cncc(F)c1. The summed E-state index contributed by atoms with van der Waals surface area (Å²) in [5, 5.41) is 7.85. The van der Waals surface area contributed by atoms with E-state index in [9.17, 15) is 14.0 Å². The standard InChI is InChI=1S/C22H19FN6O3S/c1-12(14-6-15(23)8-24-7-14)25-22-27-17-3-5-33-19(17)18(28-22)21(31)29-9-16(10-29)26-20(30)13-2-4-32-11-13/h2-8,11-12,16H,9-10H2,1H3,(H,26,30)(H,25,27,28)/t12-/m0/s1. The third-order valence-electron chi connectivity index (χ3n) is 5.37. The maximum Gasteiger partial charge on any atom is 0.274 e. The first-order valence-corrected chi connectivity index (χ1v) is 11.1. The number of furan rings is 1. The largest absolute Gasteiger partial charge is 0.472 e. The third-order valence-corrected chi connectivity index (χ3v) is 6.28. The molecule has 0 saturated carbocycles. The molecule has 0 aliphatic carbocycles. The first-order chi connectivity index (χ1) is 16.0. The molecule has 1 aliphatic rings. The predicted molar refractivity (Wildman–Crippen MR) is 120 cm³/mol. The molecule has 4 aromatic heterocycles. The number of thiophene rings is 1. The van der Waals surface area contributed by atoms with Gasteiger partial charge in [-0.15, -0.1) is 11.3 Å². The van der Waals surface area contributed by atoms with Gasteiger partial charge >= 0.3 is 0 Å². The van der Waals surface area contributed by atoms with Crippen LogP contribution in [-0.2, 0) is 0 Å². The van der Waals surface area contributed by atoms with E-state index in [1.54, 1.807) is 17.2 Å². The quantitative estimate of drug-likeness (QED) is 0.448. The van der Waals surface area contributed by atoms with Gasteiger partial charge in [-0.25, -0.2) is 14.4 Å². The summed E-state index contributed by atoms with van der Waals surface area (Å²) in [4.78, 5) is 39.8. The van der Waals surface area contributed by atoms with Gasteiger partial charge in [-0.3, -0.25) is 14.6 Å². The van der Waals surface area contributed by atoms with Gasteiger partial charge in [-0.2, -0.15) is 0 Å². The van der Waals surface area contributed by atoms with Gasteiger partial charge in [0.05, 0.1) is 40.3 Å². The number of nitrogens with zero attached hydrogens (tertiary/aromatic N) is 4. The van der Waals surface area contributed by atoms with E-state index < -0.39 is 5.82 Å². The summed E-state index contributed by atoms with van der Waals surface area (Å²) in [6, 6.07) is 4.33. The predicted octanol–water partition coefficient (Wildman–Crippen LogP) is 3.25. The Balaban J connectivity index is 1.30. The third kappa shape index (κ3) is 4.27. The van der Waals surface area contributed by atoms with Crippen molar-refractivity contribution in [1.29, 1.82) is 0 Å². The Labute approximate surface area is 191 Å². The van der Waals surface area contributed by atoms with Crippen molar-refractivity contribution < 1.29 is 18.4 Å². The molecule has 1 atom stereocenters. The molecule has 1 fully saturated rings. The van der Waals surface area contributed by atoms with E-state index >= 15 is 0 Å². The highest BCUT2D eigenvalue weighted by atomic mass is 32.1. The van der Waals surface area contributed by atoms with Crippen molar-refractivity contribution in [2.24, 2.45) is 0 Å². The first-order valence-electron chi connectivity index (χ1n) is 10.2. The maximum absolute atomic E-state index is 13.5. The number of hydrogen-bond acceptors (Lipinski definition) is 8. The second-order valence-electron chi connectivity index (χ2n) is 7.73. The number of likely N-dealkylation sites (tertiary alicyclic amines) is 1. The van der Waals surface area contributed by atoms with Crippen LogP contribution in [0, 0.1) is 5.82 Å². The highest BCUT2D eigenvalue weighted by molar-refractivity contribution is 7.17. The summed E-state index contributed by atoms with van der Waals surface area (Å²) in [5.41, 5.74) is 2.02. The molecule has 4 aromatic rings. The maximum atomic E-state index is 13.5. The summed E-state index contributed by atoms with van der Waals surface area (Å²) in [6.45, 7) is 2.60. The Kier molecular flexibility index (Phi) is 5.47. The molecule has 33 heavy (non-hydrogen) atoms. The van der Waals surface area contributed by atoms with Crippen LogP contribution in [0.2, 0.25) is 0 Å². The van der Waals surface area contributed by atoms with Crippen LogP contribution in [0.1, 0.15) is 39.4 Å². The van der Waals surface area contributed by atoms with Crippen LogP contribution in [0.4, 0.5) is 10.3 Å². The normalized spacial score (nSPS) is 14.7. The van der Waals surface area contributed by atoms with Crippen LogP contribution in [0.15, 0.2) is 52.9 Å². The molecule has 5 heterocycles. The van der Waals surface area contributed by atoms with Crippen molar-refractivity contribution in [1.82, 2.24) is 25.2 Å². The number of pyridine rings is 1. The van der Waals surface area contributed by atoms with E-state index in [1.165, 1.54) is 29.9 Å². The molecular formula is C22H19FN6O3S. The number of carbonyl (C=O) groups is 2. The number of aromatic nitrogens is 3. The van der Waals surface area contributed by atoms with E-state index in [-0.39, 0.29) is 29.8 Å². The lowest BCUT2D eigenvalue weighted by Crippen LogP contribution is -2.61. The number of fused-ring (bicyclic) bond motifs is 1. The Hall–Kier alpha value is -3.86. The van der Waals surface area contributed by atoms with Crippen molar-refractivity contribution in [2.75, 3.05) is 18.4 Å². The summed E-state index contributed by atoms with van der Waals surface area (Å²) >= 11 is 1.39. The van der Waals surface area contributed by atoms with Gasteiger partial charge < -0.3 is 20.0 Å². The van der Waals surface area contributed by atoms with Crippen molar-refractivity contribution >= 4 is 39.3 Å². The second-order valence-corrected chi connectivity index (χ2v) is 8.64. The first kappa shape index (κ1) is 21.0. The number of rotatable bonds is 6. The van der Waals surface area contributed by atoms with E-state index in [0.29, 0.717) is 40.1 Å². The Bertz CT molecular complexity index is 1320. The lowest BCUT2D eigenvalue weighted by Gasteiger charge is -2.39. The van der Waals surface area contributed by atoms with Crippen LogP contribution < -0.4 is 10.6 Å². The van der Waals surface area contributed by atoms with E-state index in [4.69, 9.17) is 4.42 Å². The molecule has 0 spiro atoms. The molecule has 0 radical (unpaired) electrons. The van der Waals surface area contributed by atoms with Gasteiger partial charge in [-0.05, 0) is 36.1 Å². The van der Waals surface area contributed by atoms with Crippen molar-refractivity contribution in [3.63, 3.8) is 0 Å². The molecule has 5 rings (SSSR count). The molecule has 0 bridgehead atoms. The number of anilines is 1. The lowest BCUT2D eigenvalue weighted by atomic mass is 10.1. The van der Waals surface area contributed by atoms with Gasteiger partial charge in [-0.1, -0.05) is 0 Å². The average Bonchev–Trinajstić information content (AvgIpc) is 3.47. The van der Waals surface area contributed by atoms with Crippen molar-refractivity contribution in [3.8, 4) is 0 Å². The minimum atomic E-state index is -0.432. The minimum Gasteiger partial charge on any atom is -0.472 e. The van der Waals surface area contributed by atoms with Crippen LogP contribution in [0.25, 0.3) is 10.2 Å². The molecule has 2 amide bonds. The number of halogens is 1. The molecule has 11 heteroatoms. The Morgan fingerprint density at radius 1 is 1.27 bits per heavy atom. The lowest BCUT2D eigenvalue weighted by molar-refractivity contribution is 0.0539. The molecule has 168 valence electrons. The smallest absolute Gasteiger partial charge is 0.274 e. The van der Waals surface area contributed by atoms with Gasteiger partial charge in [0.15, 0.2) is 5.69 Å². The zero-order valence-electron chi connectivity index (χ0n) is 17.5. The molecule has 0 unspecified atom stereocenters. The van der Waals surface area contributed by atoms with Crippen LogP contribution in [0.3, 0.4) is 0 Å². The number of carbonyl (C=O) groups excluding carboxylic acids is 2. The molecule has 1 aliphatic heterocycles. The van der Waals surface area contributed by atoms with Crippen molar-refractivity contribution in [2.45, 2.75) is 19.0 Å². The van der Waals surface area contributed by atoms with E-state index in [0.717, 1.165) is 6.20 Å². The number of hydrogen-bond donors (Lipinski definition) is 2. The summed E-state index contributed by atoms with van der Waals surface area (Å²) in [6.07, 6.45) is 5.51. The highest BCUT2D eigenvalue weighted by Gasteiger charge is 2.34. The highest BCUT2D eigenvalue weighted by Crippen LogP contribution is 2.27.